The van der Waals surface area contributed by atoms with Gasteiger partial charge in [0.15, 0.2) is 0 Å². The highest BCUT2D eigenvalue weighted by molar-refractivity contribution is 9.10. The van der Waals surface area contributed by atoms with Crippen molar-refractivity contribution in [3.8, 4) is 11.5 Å². The van der Waals surface area contributed by atoms with Crippen LogP contribution < -0.4 is 9.47 Å². The van der Waals surface area contributed by atoms with Crippen molar-refractivity contribution in [2.45, 2.75) is 0 Å². The van der Waals surface area contributed by atoms with Gasteiger partial charge in [0.05, 0.1) is 4.47 Å². The number of ether oxygens (including phenoxy) is 2. The Hall–Kier alpha value is -1.72. The standard InChI is InChI=1S/C15H12BrClO4/c16-12-9-10(17)5-6-14(12)21-8-7-20-13-4-2-1-3-11(13)15(18)19/h1-6,9H,7-8H2,(H,18,19). The molecule has 2 rings (SSSR count). The molecule has 0 spiro atoms. The number of carbonyl (C=O) groups is 1. The van der Waals surface area contributed by atoms with Crippen LogP contribution in [0, 0.1) is 0 Å². The highest BCUT2D eigenvalue weighted by Gasteiger charge is 2.10. The van der Waals surface area contributed by atoms with Crippen molar-refractivity contribution in [2.75, 3.05) is 13.2 Å². The van der Waals surface area contributed by atoms with Crippen LogP contribution in [0.15, 0.2) is 46.9 Å². The molecule has 0 atom stereocenters. The lowest BCUT2D eigenvalue weighted by atomic mass is 10.2. The molecule has 0 aliphatic heterocycles. The van der Waals surface area contributed by atoms with E-state index < -0.39 is 5.97 Å². The van der Waals surface area contributed by atoms with Crippen LogP contribution in [0.3, 0.4) is 0 Å². The van der Waals surface area contributed by atoms with Gasteiger partial charge in [-0.2, -0.15) is 0 Å². The maximum atomic E-state index is 11.0. The van der Waals surface area contributed by atoms with Crippen molar-refractivity contribution in [3.05, 3.63) is 57.5 Å². The largest absolute Gasteiger partial charge is 0.489 e. The van der Waals surface area contributed by atoms with E-state index in [1.54, 1.807) is 36.4 Å². The van der Waals surface area contributed by atoms with Gasteiger partial charge in [-0.3, -0.25) is 0 Å². The lowest BCUT2D eigenvalue weighted by Crippen LogP contribution is -2.11. The summed E-state index contributed by atoms with van der Waals surface area (Å²) in [6.07, 6.45) is 0. The Bertz CT molecular complexity index is 645. The quantitative estimate of drug-likeness (QED) is 0.771. The van der Waals surface area contributed by atoms with Crippen molar-refractivity contribution < 1.29 is 19.4 Å². The summed E-state index contributed by atoms with van der Waals surface area (Å²) in [5.41, 5.74) is 0.130. The normalized spacial score (nSPS) is 10.2. The molecule has 110 valence electrons. The molecule has 0 saturated carbocycles. The van der Waals surface area contributed by atoms with Crippen LogP contribution in [0.4, 0.5) is 0 Å². The molecule has 0 radical (unpaired) electrons. The van der Waals surface area contributed by atoms with Crippen molar-refractivity contribution in [1.82, 2.24) is 0 Å². The Morgan fingerprint density at radius 3 is 2.43 bits per heavy atom. The second kappa shape index (κ2) is 7.33. The van der Waals surface area contributed by atoms with Crippen molar-refractivity contribution >= 4 is 33.5 Å². The van der Waals surface area contributed by atoms with Crippen LogP contribution in [0.5, 0.6) is 11.5 Å². The summed E-state index contributed by atoms with van der Waals surface area (Å²) < 4.78 is 11.7. The minimum absolute atomic E-state index is 0.130. The lowest BCUT2D eigenvalue weighted by molar-refractivity contribution is 0.0691. The summed E-state index contributed by atoms with van der Waals surface area (Å²) in [5, 5.41) is 9.64. The van der Waals surface area contributed by atoms with E-state index in [4.69, 9.17) is 26.2 Å². The Balaban J connectivity index is 1.89. The van der Waals surface area contributed by atoms with Crippen LogP contribution in [0.1, 0.15) is 10.4 Å². The van der Waals surface area contributed by atoms with Crippen molar-refractivity contribution in [1.29, 1.82) is 0 Å². The van der Waals surface area contributed by atoms with Gasteiger partial charge in [0.25, 0.3) is 0 Å². The van der Waals surface area contributed by atoms with E-state index in [2.05, 4.69) is 15.9 Å². The number of para-hydroxylation sites is 1. The summed E-state index contributed by atoms with van der Waals surface area (Å²) in [5.74, 6) is -0.0507. The number of hydrogen-bond donors (Lipinski definition) is 1. The summed E-state index contributed by atoms with van der Waals surface area (Å²) in [7, 11) is 0. The smallest absolute Gasteiger partial charge is 0.339 e. The number of rotatable bonds is 6. The summed E-state index contributed by atoms with van der Waals surface area (Å²) >= 11 is 9.19. The predicted octanol–water partition coefficient (Wildman–Crippen LogP) is 4.26. The molecule has 0 unspecified atom stereocenters. The molecule has 0 saturated heterocycles. The maximum Gasteiger partial charge on any atom is 0.339 e. The molecule has 0 aromatic heterocycles. The van der Waals surface area contributed by atoms with Gasteiger partial charge in [0, 0.05) is 5.02 Å². The Morgan fingerprint density at radius 2 is 1.76 bits per heavy atom. The number of halogens is 2. The number of benzene rings is 2. The molecule has 4 nitrogen and oxygen atoms in total. The fourth-order valence-electron chi connectivity index (χ4n) is 1.66. The van der Waals surface area contributed by atoms with E-state index in [1.807, 2.05) is 0 Å². The number of hydrogen-bond acceptors (Lipinski definition) is 3. The fourth-order valence-corrected chi connectivity index (χ4v) is 2.46. The monoisotopic (exact) mass is 370 g/mol. The third kappa shape index (κ3) is 4.37. The first-order valence-electron chi connectivity index (χ1n) is 6.11. The molecule has 0 aliphatic carbocycles. The topological polar surface area (TPSA) is 55.8 Å². The fraction of sp³-hybridized carbons (Fsp3) is 0.133. The van der Waals surface area contributed by atoms with Crippen LogP contribution >= 0.6 is 27.5 Å². The lowest BCUT2D eigenvalue weighted by Gasteiger charge is -2.11. The van der Waals surface area contributed by atoms with Gasteiger partial charge in [-0.15, -0.1) is 0 Å². The number of carboxylic acids is 1. The first-order valence-corrected chi connectivity index (χ1v) is 7.28. The molecule has 1 N–H and O–H groups in total. The number of aromatic carboxylic acids is 1. The van der Waals surface area contributed by atoms with E-state index in [0.29, 0.717) is 16.5 Å². The minimum atomic E-state index is -1.02. The Kier molecular flexibility index (Phi) is 5.47. The van der Waals surface area contributed by atoms with Gasteiger partial charge in [0.2, 0.25) is 0 Å². The third-order valence-electron chi connectivity index (χ3n) is 2.61. The Morgan fingerprint density at radius 1 is 1.10 bits per heavy atom. The average molecular weight is 372 g/mol. The minimum Gasteiger partial charge on any atom is -0.489 e. The molecule has 0 aliphatic rings. The van der Waals surface area contributed by atoms with E-state index in [0.717, 1.165) is 4.47 Å². The maximum absolute atomic E-state index is 11.0. The van der Waals surface area contributed by atoms with Gasteiger partial charge >= 0.3 is 5.97 Å². The van der Waals surface area contributed by atoms with Gasteiger partial charge in [-0.1, -0.05) is 23.7 Å². The first kappa shape index (κ1) is 15.7. The molecule has 0 bridgehead atoms. The van der Waals surface area contributed by atoms with Gasteiger partial charge in [-0.25, -0.2) is 4.79 Å². The van der Waals surface area contributed by atoms with Crippen LogP contribution in [-0.4, -0.2) is 24.3 Å². The van der Waals surface area contributed by atoms with E-state index in [1.165, 1.54) is 6.07 Å². The molecule has 21 heavy (non-hydrogen) atoms. The molecule has 0 heterocycles. The van der Waals surface area contributed by atoms with E-state index in [9.17, 15) is 4.79 Å². The molecule has 2 aromatic carbocycles. The molecule has 0 fully saturated rings. The van der Waals surface area contributed by atoms with Gasteiger partial charge in [-0.05, 0) is 46.3 Å². The number of carboxylic acid groups (broad SMARTS) is 1. The van der Waals surface area contributed by atoms with Gasteiger partial charge in [0.1, 0.15) is 30.3 Å². The third-order valence-corrected chi connectivity index (χ3v) is 3.46. The summed E-state index contributed by atoms with van der Waals surface area (Å²) in [6, 6.07) is 11.7. The second-order valence-electron chi connectivity index (χ2n) is 4.07. The zero-order chi connectivity index (χ0) is 15.2. The first-order chi connectivity index (χ1) is 10.1. The molecule has 0 amide bonds. The molecular weight excluding hydrogens is 360 g/mol. The molecule has 6 heteroatoms. The zero-order valence-electron chi connectivity index (χ0n) is 10.9. The van der Waals surface area contributed by atoms with E-state index >= 15 is 0 Å². The highest BCUT2D eigenvalue weighted by atomic mass is 79.9. The van der Waals surface area contributed by atoms with Crippen LogP contribution in [0.25, 0.3) is 0 Å². The van der Waals surface area contributed by atoms with Crippen LogP contribution in [0.2, 0.25) is 5.02 Å². The summed E-state index contributed by atoms with van der Waals surface area (Å²) in [6.45, 7) is 0.521. The van der Waals surface area contributed by atoms with Gasteiger partial charge < -0.3 is 14.6 Å². The second-order valence-corrected chi connectivity index (χ2v) is 5.36. The van der Waals surface area contributed by atoms with Crippen molar-refractivity contribution in [2.24, 2.45) is 0 Å². The predicted molar refractivity (Wildman–Crippen MR) is 83.5 cm³/mol. The van der Waals surface area contributed by atoms with Crippen molar-refractivity contribution in [3.63, 3.8) is 0 Å². The molecule has 2 aromatic rings. The molecular formula is C15H12BrClO4. The zero-order valence-corrected chi connectivity index (χ0v) is 13.2. The summed E-state index contributed by atoms with van der Waals surface area (Å²) in [4.78, 5) is 11.0. The van der Waals surface area contributed by atoms with Crippen LogP contribution in [-0.2, 0) is 0 Å². The highest BCUT2D eigenvalue weighted by Crippen LogP contribution is 2.28. The average Bonchev–Trinajstić information content (AvgIpc) is 2.45. The SMILES string of the molecule is O=C(O)c1ccccc1OCCOc1ccc(Cl)cc1Br. The Labute approximate surface area is 135 Å². The van der Waals surface area contributed by atoms with E-state index in [-0.39, 0.29) is 18.8 Å².